The van der Waals surface area contributed by atoms with Crippen LogP contribution in [0, 0.1) is 10.1 Å². The van der Waals surface area contributed by atoms with Gasteiger partial charge in [-0.05, 0) is 32.2 Å². The molecule has 1 aromatic rings. The Morgan fingerprint density at radius 1 is 1.42 bits per heavy atom. The third kappa shape index (κ3) is 3.30. The van der Waals surface area contributed by atoms with Crippen LogP contribution in [0.3, 0.4) is 0 Å². The van der Waals surface area contributed by atoms with Crippen LogP contribution in [0.4, 0.5) is 5.69 Å². The van der Waals surface area contributed by atoms with Gasteiger partial charge in [0.05, 0.1) is 10.5 Å². The minimum absolute atomic E-state index is 0.00260. The summed E-state index contributed by atoms with van der Waals surface area (Å²) in [6.07, 6.45) is 4.08. The summed E-state index contributed by atoms with van der Waals surface area (Å²) in [7, 11) is 1.75. The molecule has 2 rings (SSSR count). The average molecular weight is 264 g/mol. The lowest BCUT2D eigenvalue weighted by Crippen LogP contribution is -2.48. The van der Waals surface area contributed by atoms with Gasteiger partial charge in [0.25, 0.3) is 5.69 Å². The van der Waals surface area contributed by atoms with Gasteiger partial charge < -0.3 is 10.1 Å². The number of para-hydroxylation sites is 1. The summed E-state index contributed by atoms with van der Waals surface area (Å²) in [6.45, 7) is 1.56. The van der Waals surface area contributed by atoms with E-state index in [1.807, 2.05) is 12.1 Å². The summed E-state index contributed by atoms with van der Waals surface area (Å²) in [5.41, 5.74) is 0.984. The van der Waals surface area contributed by atoms with Crippen molar-refractivity contribution in [2.24, 2.45) is 0 Å². The van der Waals surface area contributed by atoms with Gasteiger partial charge in [-0.15, -0.1) is 0 Å². The number of benzene rings is 1. The van der Waals surface area contributed by atoms with Gasteiger partial charge in [0.1, 0.15) is 0 Å². The molecule has 0 heterocycles. The Morgan fingerprint density at radius 3 is 2.74 bits per heavy atom. The summed E-state index contributed by atoms with van der Waals surface area (Å²) >= 11 is 0. The summed E-state index contributed by atoms with van der Waals surface area (Å²) in [5, 5.41) is 14.2. The van der Waals surface area contributed by atoms with E-state index < -0.39 is 0 Å². The zero-order chi connectivity index (χ0) is 13.7. The molecule has 1 aliphatic rings. The monoisotopic (exact) mass is 264 g/mol. The molecule has 0 amide bonds. The van der Waals surface area contributed by atoms with Crippen LogP contribution < -0.4 is 5.32 Å². The van der Waals surface area contributed by atoms with E-state index in [0.29, 0.717) is 6.42 Å². The first-order valence-electron chi connectivity index (χ1n) is 6.65. The number of hydrogen-bond acceptors (Lipinski definition) is 4. The number of ether oxygens (including phenoxy) is 1. The predicted molar refractivity (Wildman–Crippen MR) is 73.3 cm³/mol. The van der Waals surface area contributed by atoms with Gasteiger partial charge in [-0.1, -0.05) is 18.2 Å². The van der Waals surface area contributed by atoms with Crippen molar-refractivity contribution in [1.29, 1.82) is 0 Å². The molecule has 0 bridgehead atoms. The number of rotatable bonds is 7. The highest BCUT2D eigenvalue weighted by atomic mass is 16.6. The Hall–Kier alpha value is -1.46. The second kappa shape index (κ2) is 6.12. The molecule has 104 valence electrons. The summed E-state index contributed by atoms with van der Waals surface area (Å²) in [5.74, 6) is 0. The van der Waals surface area contributed by atoms with Crippen LogP contribution in [0.1, 0.15) is 24.8 Å². The van der Waals surface area contributed by atoms with E-state index in [1.165, 1.54) is 6.42 Å². The van der Waals surface area contributed by atoms with E-state index >= 15 is 0 Å². The van der Waals surface area contributed by atoms with Crippen molar-refractivity contribution in [2.75, 3.05) is 20.2 Å². The van der Waals surface area contributed by atoms with E-state index in [9.17, 15) is 10.1 Å². The topological polar surface area (TPSA) is 64.4 Å². The molecule has 0 saturated heterocycles. The van der Waals surface area contributed by atoms with Crippen molar-refractivity contribution >= 4 is 5.69 Å². The number of methoxy groups -OCH3 is 1. The molecule has 1 aromatic carbocycles. The third-order valence-electron chi connectivity index (χ3n) is 3.90. The van der Waals surface area contributed by atoms with Crippen molar-refractivity contribution in [3.05, 3.63) is 39.9 Å². The van der Waals surface area contributed by atoms with Crippen molar-refractivity contribution in [3.8, 4) is 0 Å². The molecule has 5 heteroatoms. The lowest BCUT2D eigenvalue weighted by atomic mass is 9.80. The second-order valence-electron chi connectivity index (χ2n) is 5.05. The van der Waals surface area contributed by atoms with Crippen LogP contribution in [-0.2, 0) is 11.2 Å². The lowest BCUT2D eigenvalue weighted by molar-refractivity contribution is -0.385. The van der Waals surface area contributed by atoms with Crippen molar-refractivity contribution in [1.82, 2.24) is 5.32 Å². The van der Waals surface area contributed by atoms with Crippen LogP contribution >= 0.6 is 0 Å². The Kier molecular flexibility index (Phi) is 4.50. The maximum atomic E-state index is 10.9. The van der Waals surface area contributed by atoms with Crippen molar-refractivity contribution < 1.29 is 9.66 Å². The molecule has 0 spiro atoms. The number of nitro groups is 1. The molecule has 1 aliphatic carbocycles. The van der Waals surface area contributed by atoms with Gasteiger partial charge in [0, 0.05) is 25.3 Å². The van der Waals surface area contributed by atoms with E-state index in [1.54, 1.807) is 19.2 Å². The molecule has 1 saturated carbocycles. The predicted octanol–water partition coefficient (Wildman–Crippen LogP) is 2.30. The first-order valence-corrected chi connectivity index (χ1v) is 6.65. The number of nitrogens with zero attached hydrogens (tertiary/aromatic N) is 1. The first kappa shape index (κ1) is 14.0. The van der Waals surface area contributed by atoms with Crippen molar-refractivity contribution in [2.45, 2.75) is 31.3 Å². The van der Waals surface area contributed by atoms with Gasteiger partial charge in [-0.3, -0.25) is 10.1 Å². The molecule has 0 unspecified atom stereocenters. The molecular formula is C14H20N2O3. The van der Waals surface area contributed by atoms with Gasteiger partial charge in [-0.25, -0.2) is 0 Å². The fourth-order valence-electron chi connectivity index (χ4n) is 2.46. The van der Waals surface area contributed by atoms with E-state index in [-0.39, 0.29) is 16.2 Å². The Balaban J connectivity index is 1.81. The molecule has 5 nitrogen and oxygen atoms in total. The Morgan fingerprint density at radius 2 is 2.16 bits per heavy atom. The highest BCUT2D eigenvalue weighted by molar-refractivity contribution is 5.39. The molecule has 0 aromatic heterocycles. The largest absolute Gasteiger partial charge is 0.377 e. The second-order valence-corrected chi connectivity index (χ2v) is 5.05. The van der Waals surface area contributed by atoms with Crippen LogP contribution in [0.25, 0.3) is 0 Å². The molecular weight excluding hydrogens is 244 g/mol. The smallest absolute Gasteiger partial charge is 0.272 e. The third-order valence-corrected chi connectivity index (χ3v) is 3.90. The van der Waals surface area contributed by atoms with Crippen LogP contribution in [0.2, 0.25) is 0 Å². The highest BCUT2D eigenvalue weighted by Crippen LogP contribution is 2.34. The normalized spacial score (nSPS) is 16.9. The first-order chi connectivity index (χ1) is 9.17. The fraction of sp³-hybridized carbons (Fsp3) is 0.571. The number of nitro benzene ring substituents is 1. The van der Waals surface area contributed by atoms with Crippen LogP contribution in [-0.4, -0.2) is 30.7 Å². The molecule has 0 radical (unpaired) electrons. The van der Waals surface area contributed by atoms with Gasteiger partial charge in [-0.2, -0.15) is 0 Å². The minimum atomic E-state index is -0.322. The van der Waals surface area contributed by atoms with Gasteiger partial charge in [0.15, 0.2) is 0 Å². The molecule has 0 atom stereocenters. The van der Waals surface area contributed by atoms with E-state index in [0.717, 1.165) is 31.5 Å². The van der Waals surface area contributed by atoms with Gasteiger partial charge in [0.2, 0.25) is 0 Å². The Labute approximate surface area is 113 Å². The Bertz CT molecular complexity index is 439. The maximum Gasteiger partial charge on any atom is 0.272 e. The molecule has 1 fully saturated rings. The molecule has 1 N–H and O–H groups in total. The fourth-order valence-corrected chi connectivity index (χ4v) is 2.46. The van der Waals surface area contributed by atoms with E-state index in [2.05, 4.69) is 5.32 Å². The minimum Gasteiger partial charge on any atom is -0.377 e. The average Bonchev–Trinajstić information content (AvgIpc) is 2.37. The summed E-state index contributed by atoms with van der Waals surface area (Å²) in [4.78, 5) is 10.6. The maximum absolute atomic E-state index is 10.9. The lowest BCUT2D eigenvalue weighted by Gasteiger charge is -2.40. The quantitative estimate of drug-likeness (QED) is 0.466. The summed E-state index contributed by atoms with van der Waals surface area (Å²) < 4.78 is 5.52. The standard InChI is InChI=1S/C14H20N2O3/c1-19-14(8-4-9-14)11-15-10-7-12-5-2-3-6-13(12)16(17)18/h2-3,5-6,15H,4,7-11H2,1H3. The van der Waals surface area contributed by atoms with Crippen LogP contribution in [0.15, 0.2) is 24.3 Å². The highest BCUT2D eigenvalue weighted by Gasteiger charge is 2.36. The van der Waals surface area contributed by atoms with Crippen LogP contribution in [0.5, 0.6) is 0 Å². The number of nitrogens with one attached hydrogen (secondary N) is 1. The van der Waals surface area contributed by atoms with Gasteiger partial charge >= 0.3 is 0 Å². The van der Waals surface area contributed by atoms with E-state index in [4.69, 9.17) is 4.74 Å². The van der Waals surface area contributed by atoms with Crippen molar-refractivity contribution in [3.63, 3.8) is 0 Å². The molecule has 19 heavy (non-hydrogen) atoms. The number of hydrogen-bond donors (Lipinski definition) is 1. The molecule has 0 aliphatic heterocycles. The SMILES string of the molecule is COC1(CNCCc2ccccc2[N+](=O)[O-])CCC1. The summed E-state index contributed by atoms with van der Waals surface area (Å²) in [6, 6.07) is 6.90. The zero-order valence-electron chi connectivity index (χ0n) is 11.2. The zero-order valence-corrected chi connectivity index (χ0v) is 11.2.